The number of nitrogens with zero attached hydrogens (tertiary/aromatic N) is 2. The van der Waals surface area contributed by atoms with E-state index in [9.17, 15) is 0 Å². The molecule has 0 fully saturated rings. The van der Waals surface area contributed by atoms with E-state index in [2.05, 4.69) is 36.8 Å². The van der Waals surface area contributed by atoms with Gasteiger partial charge in [0.25, 0.3) is 0 Å². The summed E-state index contributed by atoms with van der Waals surface area (Å²) in [6, 6.07) is 4.20. The molecule has 0 saturated heterocycles. The first-order valence-electron chi connectivity index (χ1n) is 4.90. The van der Waals surface area contributed by atoms with Crippen molar-refractivity contribution >= 4 is 11.0 Å². The molecular weight excluding hydrogens is 186 g/mol. The maximum Gasteiger partial charge on any atom is 0.138 e. The number of rotatable bonds is 0. The third-order valence-electron chi connectivity index (χ3n) is 2.52. The van der Waals surface area contributed by atoms with Gasteiger partial charge in [0, 0.05) is 17.8 Å². The summed E-state index contributed by atoms with van der Waals surface area (Å²) in [6.45, 7) is 6.40. The molecule has 15 heavy (non-hydrogen) atoms. The molecule has 2 aromatic heterocycles. The minimum atomic E-state index is 0.0607. The van der Waals surface area contributed by atoms with E-state index >= 15 is 0 Å². The lowest BCUT2D eigenvalue weighted by Gasteiger charge is -2.18. The summed E-state index contributed by atoms with van der Waals surface area (Å²) in [5.74, 6) is 0. The zero-order valence-corrected chi connectivity index (χ0v) is 9.13. The lowest BCUT2D eigenvalue weighted by molar-refractivity contribution is 0.588. The van der Waals surface area contributed by atoms with Crippen LogP contribution in [0.3, 0.4) is 0 Å². The summed E-state index contributed by atoms with van der Waals surface area (Å²) in [5, 5.41) is 9.83. The topological polar surface area (TPSA) is 52.5 Å². The Hall–Kier alpha value is -1.82. The predicted molar refractivity (Wildman–Crippen MR) is 59.5 cm³/mol. The van der Waals surface area contributed by atoms with Crippen molar-refractivity contribution in [1.82, 2.24) is 9.97 Å². The lowest BCUT2D eigenvalue weighted by Crippen LogP contribution is -2.11. The van der Waals surface area contributed by atoms with Gasteiger partial charge in [-0.25, -0.2) is 4.98 Å². The summed E-state index contributed by atoms with van der Waals surface area (Å²) in [4.78, 5) is 7.29. The highest BCUT2D eigenvalue weighted by Crippen LogP contribution is 2.25. The SMILES string of the molecule is CC(C)(C)c1cnc2[nH]cc(C#N)c2c1. The van der Waals surface area contributed by atoms with Crippen LogP contribution in [-0.4, -0.2) is 9.97 Å². The van der Waals surface area contributed by atoms with E-state index in [0.717, 1.165) is 16.6 Å². The van der Waals surface area contributed by atoms with Gasteiger partial charge in [0.1, 0.15) is 11.7 Å². The van der Waals surface area contributed by atoms with Gasteiger partial charge in [-0.2, -0.15) is 5.26 Å². The van der Waals surface area contributed by atoms with Crippen LogP contribution in [0, 0.1) is 11.3 Å². The number of hydrogen-bond acceptors (Lipinski definition) is 2. The fraction of sp³-hybridized carbons (Fsp3) is 0.333. The van der Waals surface area contributed by atoms with Crippen LogP contribution >= 0.6 is 0 Å². The summed E-state index contributed by atoms with van der Waals surface area (Å²) >= 11 is 0. The van der Waals surface area contributed by atoms with Gasteiger partial charge in [-0.15, -0.1) is 0 Å². The van der Waals surface area contributed by atoms with Gasteiger partial charge in [-0.1, -0.05) is 20.8 Å². The Balaban J connectivity index is 2.69. The van der Waals surface area contributed by atoms with Crippen LogP contribution in [0.15, 0.2) is 18.5 Å². The van der Waals surface area contributed by atoms with Crippen LogP contribution in [0.4, 0.5) is 0 Å². The molecule has 3 nitrogen and oxygen atoms in total. The van der Waals surface area contributed by atoms with Crippen molar-refractivity contribution in [3.8, 4) is 6.07 Å². The Labute approximate surface area is 88.8 Å². The van der Waals surface area contributed by atoms with Crippen molar-refractivity contribution in [3.63, 3.8) is 0 Å². The molecule has 0 aliphatic heterocycles. The van der Waals surface area contributed by atoms with E-state index in [1.54, 1.807) is 6.20 Å². The predicted octanol–water partition coefficient (Wildman–Crippen LogP) is 2.73. The molecule has 0 amide bonds. The molecule has 1 N–H and O–H groups in total. The maximum atomic E-state index is 8.92. The number of aromatic amines is 1. The van der Waals surface area contributed by atoms with Gasteiger partial charge < -0.3 is 4.98 Å². The Kier molecular flexibility index (Phi) is 2.01. The molecule has 0 unspecified atom stereocenters. The number of pyridine rings is 1. The Bertz CT molecular complexity index is 538. The second kappa shape index (κ2) is 3.09. The molecule has 0 radical (unpaired) electrons. The zero-order chi connectivity index (χ0) is 11.1. The second-order valence-electron chi connectivity index (χ2n) is 4.68. The minimum absolute atomic E-state index is 0.0607. The average Bonchev–Trinajstić information content (AvgIpc) is 2.57. The molecule has 3 heteroatoms. The molecule has 2 heterocycles. The molecule has 0 aliphatic carbocycles. The third kappa shape index (κ3) is 1.59. The van der Waals surface area contributed by atoms with Crippen molar-refractivity contribution in [2.24, 2.45) is 0 Å². The summed E-state index contributed by atoms with van der Waals surface area (Å²) < 4.78 is 0. The molecule has 0 aromatic carbocycles. The molecule has 2 aromatic rings. The number of fused-ring (bicyclic) bond motifs is 1. The normalized spacial score (nSPS) is 11.6. The molecule has 0 saturated carbocycles. The minimum Gasteiger partial charge on any atom is -0.345 e. The molecule has 0 aliphatic rings. The summed E-state index contributed by atoms with van der Waals surface area (Å²) in [7, 11) is 0. The van der Waals surface area contributed by atoms with Gasteiger partial charge in [0.05, 0.1) is 5.56 Å². The Morgan fingerprint density at radius 2 is 2.13 bits per heavy atom. The second-order valence-corrected chi connectivity index (χ2v) is 4.68. The van der Waals surface area contributed by atoms with E-state index in [1.165, 1.54) is 0 Å². The van der Waals surface area contributed by atoms with Crippen molar-refractivity contribution in [3.05, 3.63) is 29.6 Å². The molecule has 0 spiro atoms. The zero-order valence-electron chi connectivity index (χ0n) is 9.13. The number of H-pyrrole nitrogens is 1. The van der Waals surface area contributed by atoms with Gasteiger partial charge in [-0.05, 0) is 17.0 Å². The van der Waals surface area contributed by atoms with E-state index in [1.807, 2.05) is 12.3 Å². The van der Waals surface area contributed by atoms with Crippen molar-refractivity contribution in [2.45, 2.75) is 26.2 Å². The summed E-state index contributed by atoms with van der Waals surface area (Å²) in [6.07, 6.45) is 3.56. The first-order chi connectivity index (χ1) is 7.02. The number of hydrogen-bond donors (Lipinski definition) is 1. The number of nitrogens with one attached hydrogen (secondary N) is 1. The number of nitriles is 1. The Morgan fingerprint density at radius 1 is 1.40 bits per heavy atom. The van der Waals surface area contributed by atoms with Crippen LogP contribution in [0.25, 0.3) is 11.0 Å². The van der Waals surface area contributed by atoms with E-state index in [4.69, 9.17) is 5.26 Å². The van der Waals surface area contributed by atoms with Gasteiger partial charge in [-0.3, -0.25) is 0 Å². The van der Waals surface area contributed by atoms with Crippen molar-refractivity contribution in [1.29, 1.82) is 5.26 Å². The van der Waals surface area contributed by atoms with E-state index in [-0.39, 0.29) is 5.41 Å². The van der Waals surface area contributed by atoms with Crippen LogP contribution in [0.2, 0.25) is 0 Å². The quantitative estimate of drug-likeness (QED) is 0.709. The van der Waals surface area contributed by atoms with Gasteiger partial charge >= 0.3 is 0 Å². The van der Waals surface area contributed by atoms with Crippen molar-refractivity contribution < 1.29 is 0 Å². The van der Waals surface area contributed by atoms with E-state index in [0.29, 0.717) is 5.56 Å². The highest BCUT2D eigenvalue weighted by molar-refractivity contribution is 5.83. The molecule has 0 atom stereocenters. The first-order valence-corrected chi connectivity index (χ1v) is 4.90. The third-order valence-corrected chi connectivity index (χ3v) is 2.52. The average molecular weight is 199 g/mol. The molecule has 2 rings (SSSR count). The molecule has 0 bridgehead atoms. The monoisotopic (exact) mass is 199 g/mol. The van der Waals surface area contributed by atoms with Crippen molar-refractivity contribution in [2.75, 3.05) is 0 Å². The highest BCUT2D eigenvalue weighted by atomic mass is 14.8. The highest BCUT2D eigenvalue weighted by Gasteiger charge is 2.15. The maximum absolute atomic E-state index is 8.92. The van der Waals surface area contributed by atoms with E-state index < -0.39 is 0 Å². The number of aromatic nitrogens is 2. The summed E-state index contributed by atoms with van der Waals surface area (Å²) in [5.41, 5.74) is 2.64. The smallest absolute Gasteiger partial charge is 0.138 e. The fourth-order valence-corrected chi connectivity index (χ4v) is 1.51. The molecule has 76 valence electrons. The van der Waals surface area contributed by atoms with Crippen LogP contribution in [0.5, 0.6) is 0 Å². The van der Waals surface area contributed by atoms with Gasteiger partial charge in [0.2, 0.25) is 0 Å². The lowest BCUT2D eigenvalue weighted by atomic mass is 9.88. The van der Waals surface area contributed by atoms with Crippen LogP contribution < -0.4 is 0 Å². The van der Waals surface area contributed by atoms with Crippen LogP contribution in [0.1, 0.15) is 31.9 Å². The van der Waals surface area contributed by atoms with Gasteiger partial charge in [0.15, 0.2) is 0 Å². The molecular formula is C12H13N3. The standard InChI is InChI=1S/C12H13N3/c1-12(2,3)9-4-10-8(5-13)6-14-11(10)15-7-9/h4,6-7H,1-3H3,(H,14,15). The fourth-order valence-electron chi connectivity index (χ4n) is 1.51. The Morgan fingerprint density at radius 3 is 2.73 bits per heavy atom. The largest absolute Gasteiger partial charge is 0.345 e. The van der Waals surface area contributed by atoms with Crippen LogP contribution in [-0.2, 0) is 5.41 Å². The first kappa shape index (κ1) is 9.72.